The van der Waals surface area contributed by atoms with E-state index < -0.39 is 0 Å². The Balaban J connectivity index is 1.63. The lowest BCUT2D eigenvalue weighted by atomic mass is 9.55. The average Bonchev–Trinajstić information content (AvgIpc) is 3.14. The van der Waals surface area contributed by atoms with E-state index in [2.05, 4.69) is 26.8 Å². The van der Waals surface area contributed by atoms with Crippen molar-refractivity contribution in [2.75, 3.05) is 13.6 Å². The molecule has 7 atom stereocenters. The molecule has 0 saturated heterocycles. The zero-order chi connectivity index (χ0) is 24.5. The number of fused-ring (bicyclic) bond motifs is 5. The molecule has 4 rings (SSSR count). The van der Waals surface area contributed by atoms with Crippen LogP contribution < -0.4 is 0 Å². The molecule has 0 aliphatic heterocycles. The van der Waals surface area contributed by atoms with Gasteiger partial charge in [0.25, 0.3) is 0 Å². The van der Waals surface area contributed by atoms with Crippen LogP contribution in [0, 0.1) is 17.3 Å². The van der Waals surface area contributed by atoms with Gasteiger partial charge in [-0.3, -0.25) is 4.79 Å². The number of hydrogen-bond acceptors (Lipinski definition) is 4. The molecular formula is C29H45NO3S. The number of aliphatic hydroxyl groups is 1. The van der Waals surface area contributed by atoms with Crippen molar-refractivity contribution in [1.29, 1.82) is 0 Å². The zero-order valence-electron chi connectivity index (χ0n) is 21.6. The molecule has 0 spiro atoms. The first kappa shape index (κ1) is 25.9. The number of unbranched alkanes of at least 4 members (excludes halogenated alkanes) is 2. The molecule has 34 heavy (non-hydrogen) atoms. The lowest BCUT2D eigenvalue weighted by molar-refractivity contribution is -0.129. The summed E-state index contributed by atoms with van der Waals surface area (Å²) in [7, 11) is 1.96. The molecule has 4 unspecified atom stereocenters. The Morgan fingerprint density at radius 3 is 2.68 bits per heavy atom. The molecule has 0 heterocycles. The molecule has 2 fully saturated rings. The first-order valence-electron chi connectivity index (χ1n) is 13.7. The van der Waals surface area contributed by atoms with E-state index >= 15 is 0 Å². The maximum Gasteiger partial charge on any atom is 0.235 e. The second-order valence-corrected chi connectivity index (χ2v) is 12.8. The average molecular weight is 488 g/mol. The van der Waals surface area contributed by atoms with Gasteiger partial charge in [0, 0.05) is 18.8 Å². The zero-order valence-corrected chi connectivity index (χ0v) is 22.4. The molecule has 5 heteroatoms. The summed E-state index contributed by atoms with van der Waals surface area (Å²) < 4.78 is 0. The van der Waals surface area contributed by atoms with Crippen LogP contribution in [0.4, 0.5) is 0 Å². The number of phenolic OH excluding ortho intramolecular Hbond substituents is 1. The maximum atomic E-state index is 13.5. The van der Waals surface area contributed by atoms with E-state index in [1.807, 2.05) is 35.8 Å². The molecular weight excluding hydrogens is 442 g/mol. The van der Waals surface area contributed by atoms with Gasteiger partial charge in [0.1, 0.15) is 5.75 Å². The van der Waals surface area contributed by atoms with Gasteiger partial charge < -0.3 is 15.1 Å². The van der Waals surface area contributed by atoms with E-state index in [1.54, 1.807) is 0 Å². The van der Waals surface area contributed by atoms with Gasteiger partial charge in [-0.05, 0) is 91.4 Å². The quantitative estimate of drug-likeness (QED) is 0.409. The number of amides is 1. The van der Waals surface area contributed by atoms with Crippen LogP contribution in [0.5, 0.6) is 5.75 Å². The SMILES string of the molecule is CCCCC(S[C@@H]1CC2C(CC[C@@]3(C)C2CC[C@@H]3O)c2ccc(O)cc21)C(=O)N(C)CCCC. The van der Waals surface area contributed by atoms with Crippen LogP contribution in [0.2, 0.25) is 0 Å². The Morgan fingerprint density at radius 1 is 1.18 bits per heavy atom. The van der Waals surface area contributed by atoms with Crippen LogP contribution in [0.1, 0.15) is 107 Å². The van der Waals surface area contributed by atoms with E-state index in [9.17, 15) is 15.0 Å². The van der Waals surface area contributed by atoms with Gasteiger partial charge in [-0.25, -0.2) is 0 Å². The van der Waals surface area contributed by atoms with E-state index in [4.69, 9.17) is 0 Å². The number of benzene rings is 1. The van der Waals surface area contributed by atoms with Gasteiger partial charge in [0.05, 0.1) is 11.4 Å². The fourth-order valence-electron chi connectivity index (χ4n) is 7.25. The third-order valence-electron chi connectivity index (χ3n) is 9.34. The van der Waals surface area contributed by atoms with E-state index in [-0.39, 0.29) is 27.9 Å². The largest absolute Gasteiger partial charge is 0.508 e. The molecule has 2 saturated carbocycles. The molecule has 0 bridgehead atoms. The fraction of sp³-hybridized carbons (Fsp3) is 0.759. The van der Waals surface area contributed by atoms with E-state index in [0.29, 0.717) is 23.5 Å². The predicted octanol–water partition coefficient (Wildman–Crippen LogP) is 6.66. The van der Waals surface area contributed by atoms with Crippen molar-refractivity contribution < 1.29 is 15.0 Å². The van der Waals surface area contributed by atoms with Gasteiger partial charge in [-0.1, -0.05) is 46.1 Å². The van der Waals surface area contributed by atoms with Gasteiger partial charge in [-0.15, -0.1) is 11.8 Å². The predicted molar refractivity (Wildman–Crippen MR) is 141 cm³/mol. The van der Waals surface area contributed by atoms with E-state index in [1.165, 1.54) is 11.1 Å². The third kappa shape index (κ3) is 4.89. The number of aliphatic hydroxyl groups excluding tert-OH is 1. The number of nitrogens with zero attached hydrogens (tertiary/aromatic N) is 1. The van der Waals surface area contributed by atoms with Gasteiger partial charge >= 0.3 is 0 Å². The molecule has 3 aliphatic rings. The Morgan fingerprint density at radius 2 is 1.94 bits per heavy atom. The summed E-state index contributed by atoms with van der Waals surface area (Å²) in [6.45, 7) is 7.50. The number of carbonyl (C=O) groups excluding carboxylic acids is 1. The van der Waals surface area contributed by atoms with Gasteiger partial charge in [0.2, 0.25) is 5.91 Å². The first-order valence-corrected chi connectivity index (χ1v) is 14.7. The summed E-state index contributed by atoms with van der Waals surface area (Å²) in [4.78, 5) is 15.4. The Labute approximate surface area is 210 Å². The molecule has 1 aromatic carbocycles. The van der Waals surface area contributed by atoms with Crippen molar-refractivity contribution in [3.63, 3.8) is 0 Å². The minimum Gasteiger partial charge on any atom is -0.508 e. The Bertz CT molecular complexity index is 860. The van der Waals surface area contributed by atoms with Crippen molar-refractivity contribution in [3.8, 4) is 5.75 Å². The van der Waals surface area contributed by atoms with Gasteiger partial charge in [0.15, 0.2) is 0 Å². The molecule has 3 aliphatic carbocycles. The standard InChI is InChI=1S/C29H45NO3S/c1-5-7-9-25(28(33)30(4)16-8-6-2)34-26-18-22-21(20-11-10-19(31)17-23(20)26)14-15-29(3)24(22)12-13-27(29)32/h10-11,17,21-22,24-27,31-32H,5-9,12-16,18H2,1-4H3/t21?,22?,24?,25?,26-,27+,29+/m1/s1. The number of aromatic hydroxyl groups is 1. The maximum absolute atomic E-state index is 13.5. The second-order valence-electron chi connectivity index (χ2n) is 11.4. The number of hydrogen-bond donors (Lipinski definition) is 2. The lowest BCUT2D eigenvalue weighted by Crippen LogP contribution is -2.44. The lowest BCUT2D eigenvalue weighted by Gasteiger charge is -2.51. The highest BCUT2D eigenvalue weighted by atomic mass is 32.2. The summed E-state index contributed by atoms with van der Waals surface area (Å²) in [6.07, 6.45) is 10.3. The van der Waals surface area contributed by atoms with Crippen LogP contribution in [0.3, 0.4) is 0 Å². The monoisotopic (exact) mass is 487 g/mol. The van der Waals surface area contributed by atoms with Crippen molar-refractivity contribution in [3.05, 3.63) is 29.3 Å². The summed E-state index contributed by atoms with van der Waals surface area (Å²) in [5, 5.41) is 21.4. The first-order chi connectivity index (χ1) is 16.3. The van der Waals surface area contributed by atoms with Crippen molar-refractivity contribution in [2.45, 2.75) is 108 Å². The topological polar surface area (TPSA) is 60.8 Å². The number of phenols is 1. The normalized spacial score (nSPS) is 33.0. The van der Waals surface area contributed by atoms with Crippen molar-refractivity contribution in [1.82, 2.24) is 4.90 Å². The molecule has 0 radical (unpaired) electrons. The van der Waals surface area contributed by atoms with Crippen LogP contribution in [-0.4, -0.2) is 46.0 Å². The Kier molecular flexibility index (Phi) is 8.24. The summed E-state index contributed by atoms with van der Waals surface area (Å²) >= 11 is 1.85. The molecule has 1 aromatic rings. The molecule has 1 amide bonds. The highest BCUT2D eigenvalue weighted by molar-refractivity contribution is 8.00. The van der Waals surface area contributed by atoms with Gasteiger partial charge in [-0.2, -0.15) is 0 Å². The van der Waals surface area contributed by atoms with Crippen LogP contribution in [0.25, 0.3) is 0 Å². The minimum absolute atomic E-state index is 0.0304. The summed E-state index contributed by atoms with van der Waals surface area (Å²) in [5.74, 6) is 2.19. The fourth-order valence-corrected chi connectivity index (χ4v) is 8.93. The van der Waals surface area contributed by atoms with Crippen molar-refractivity contribution in [2.24, 2.45) is 17.3 Å². The third-order valence-corrected chi connectivity index (χ3v) is 10.9. The Hall–Kier alpha value is -1.20. The smallest absolute Gasteiger partial charge is 0.235 e. The van der Waals surface area contributed by atoms with Crippen LogP contribution >= 0.6 is 11.8 Å². The molecule has 190 valence electrons. The number of rotatable bonds is 9. The second kappa shape index (κ2) is 10.8. The number of carbonyl (C=O) groups is 1. The van der Waals surface area contributed by atoms with Crippen LogP contribution in [-0.2, 0) is 4.79 Å². The highest BCUT2D eigenvalue weighted by Gasteiger charge is 2.55. The van der Waals surface area contributed by atoms with Crippen LogP contribution in [0.15, 0.2) is 18.2 Å². The summed E-state index contributed by atoms with van der Waals surface area (Å²) in [6, 6.07) is 5.97. The van der Waals surface area contributed by atoms with Crippen molar-refractivity contribution >= 4 is 17.7 Å². The van der Waals surface area contributed by atoms with E-state index in [0.717, 1.165) is 70.8 Å². The number of thioether (sulfide) groups is 1. The highest BCUT2D eigenvalue weighted by Crippen LogP contribution is 2.64. The molecule has 4 nitrogen and oxygen atoms in total. The molecule has 0 aromatic heterocycles. The molecule has 2 N–H and O–H groups in total. The summed E-state index contributed by atoms with van der Waals surface area (Å²) in [5.41, 5.74) is 2.66. The minimum atomic E-state index is -0.183.